The number of nitrogen functional groups attached to an aromatic ring is 1. The molecule has 0 radical (unpaired) electrons. The van der Waals surface area contributed by atoms with Gasteiger partial charge in [-0.2, -0.15) is 0 Å². The first kappa shape index (κ1) is 13.9. The lowest BCUT2D eigenvalue weighted by atomic mass is 10.1. The summed E-state index contributed by atoms with van der Waals surface area (Å²) >= 11 is 0. The van der Waals surface area contributed by atoms with Crippen molar-refractivity contribution in [2.24, 2.45) is 5.73 Å². The van der Waals surface area contributed by atoms with Crippen molar-refractivity contribution in [1.29, 1.82) is 0 Å². The number of carbonyl (C=O) groups is 1. The number of primary amides is 1. The maximum Gasteiger partial charge on any atom is 0.248 e. The van der Waals surface area contributed by atoms with Crippen LogP contribution >= 0.6 is 0 Å². The van der Waals surface area contributed by atoms with Crippen molar-refractivity contribution in [1.82, 2.24) is 0 Å². The maximum absolute atomic E-state index is 11.1. The van der Waals surface area contributed by atoms with E-state index >= 15 is 0 Å². The number of anilines is 2. The molecule has 2 rings (SSSR count). The summed E-state index contributed by atoms with van der Waals surface area (Å²) in [6, 6.07) is 15.3. The molecule has 0 spiro atoms. The van der Waals surface area contributed by atoms with Gasteiger partial charge in [-0.25, -0.2) is 0 Å². The second kappa shape index (κ2) is 5.65. The van der Waals surface area contributed by atoms with E-state index in [1.165, 1.54) is 0 Å². The predicted octanol–water partition coefficient (Wildman–Crippen LogP) is 2.57. The van der Waals surface area contributed by atoms with Crippen molar-refractivity contribution < 1.29 is 4.79 Å². The van der Waals surface area contributed by atoms with Gasteiger partial charge in [0.2, 0.25) is 5.91 Å². The number of carbonyl (C=O) groups excluding carboxylic acids is 1. The smallest absolute Gasteiger partial charge is 0.248 e. The largest absolute Gasteiger partial charge is 0.399 e. The van der Waals surface area contributed by atoms with Crippen molar-refractivity contribution in [3.8, 4) is 0 Å². The molecule has 0 fully saturated rings. The van der Waals surface area contributed by atoms with Crippen LogP contribution in [0.4, 0.5) is 11.4 Å². The highest BCUT2D eigenvalue weighted by molar-refractivity contribution is 5.93. The number of hydrogen-bond donors (Lipinski definition) is 2. The molecule has 1 unspecified atom stereocenters. The van der Waals surface area contributed by atoms with Crippen molar-refractivity contribution in [2.45, 2.75) is 13.0 Å². The molecule has 0 aliphatic carbocycles. The number of nitrogens with two attached hydrogens (primary N) is 2. The fourth-order valence-corrected chi connectivity index (χ4v) is 2.13. The molecule has 4 nitrogen and oxygen atoms in total. The van der Waals surface area contributed by atoms with E-state index in [-0.39, 0.29) is 6.04 Å². The highest BCUT2D eigenvalue weighted by Gasteiger charge is 2.13. The second-order valence-corrected chi connectivity index (χ2v) is 4.87. The van der Waals surface area contributed by atoms with E-state index in [1.54, 1.807) is 12.1 Å². The first-order valence-electron chi connectivity index (χ1n) is 6.47. The van der Waals surface area contributed by atoms with Crippen LogP contribution in [0.1, 0.15) is 28.9 Å². The van der Waals surface area contributed by atoms with Crippen LogP contribution in [-0.2, 0) is 0 Å². The molecule has 20 heavy (non-hydrogen) atoms. The third-order valence-electron chi connectivity index (χ3n) is 3.53. The van der Waals surface area contributed by atoms with Crippen molar-refractivity contribution >= 4 is 17.3 Å². The normalized spacial score (nSPS) is 11.9. The van der Waals surface area contributed by atoms with Crippen molar-refractivity contribution in [3.05, 3.63) is 59.7 Å². The Hall–Kier alpha value is -2.49. The first-order chi connectivity index (χ1) is 9.49. The summed E-state index contributed by atoms with van der Waals surface area (Å²) < 4.78 is 0. The minimum absolute atomic E-state index is 0.179. The van der Waals surface area contributed by atoms with Gasteiger partial charge in [0.25, 0.3) is 0 Å². The lowest BCUT2D eigenvalue weighted by molar-refractivity contribution is 0.100. The molecule has 4 heteroatoms. The summed E-state index contributed by atoms with van der Waals surface area (Å²) in [6.45, 7) is 2.11. The third-order valence-corrected chi connectivity index (χ3v) is 3.53. The molecule has 0 aliphatic heterocycles. The van der Waals surface area contributed by atoms with Crippen LogP contribution in [-0.4, -0.2) is 13.0 Å². The molecule has 4 N–H and O–H groups in total. The summed E-state index contributed by atoms with van der Waals surface area (Å²) in [5.74, 6) is -0.414. The Bertz CT molecular complexity index is 607. The summed E-state index contributed by atoms with van der Waals surface area (Å²) in [4.78, 5) is 13.2. The van der Waals surface area contributed by atoms with Crippen LogP contribution < -0.4 is 16.4 Å². The fourth-order valence-electron chi connectivity index (χ4n) is 2.13. The Morgan fingerprint density at radius 2 is 1.80 bits per heavy atom. The topological polar surface area (TPSA) is 72.3 Å². The van der Waals surface area contributed by atoms with Crippen LogP contribution in [0.25, 0.3) is 0 Å². The minimum Gasteiger partial charge on any atom is -0.399 e. The Morgan fingerprint density at radius 1 is 1.15 bits per heavy atom. The number of hydrogen-bond acceptors (Lipinski definition) is 3. The van der Waals surface area contributed by atoms with Crippen LogP contribution in [0.5, 0.6) is 0 Å². The zero-order chi connectivity index (χ0) is 14.7. The van der Waals surface area contributed by atoms with Gasteiger partial charge in [-0.15, -0.1) is 0 Å². The second-order valence-electron chi connectivity index (χ2n) is 4.87. The van der Waals surface area contributed by atoms with Crippen LogP contribution in [0.3, 0.4) is 0 Å². The molecular formula is C16H19N3O. The number of rotatable bonds is 4. The van der Waals surface area contributed by atoms with E-state index in [1.807, 2.05) is 37.4 Å². The van der Waals surface area contributed by atoms with Gasteiger partial charge >= 0.3 is 0 Å². The molecule has 1 amide bonds. The molecule has 0 aliphatic rings. The van der Waals surface area contributed by atoms with Crippen LogP contribution in [0.2, 0.25) is 0 Å². The molecule has 0 aromatic heterocycles. The minimum atomic E-state index is -0.414. The zero-order valence-corrected chi connectivity index (χ0v) is 11.7. The zero-order valence-electron chi connectivity index (χ0n) is 11.7. The Morgan fingerprint density at radius 3 is 2.35 bits per heavy atom. The lowest BCUT2D eigenvalue weighted by Gasteiger charge is -2.27. The summed E-state index contributed by atoms with van der Waals surface area (Å²) in [7, 11) is 2.01. The van der Waals surface area contributed by atoms with Gasteiger partial charge in [0.1, 0.15) is 0 Å². The Labute approximate surface area is 119 Å². The quantitative estimate of drug-likeness (QED) is 0.838. The van der Waals surface area contributed by atoms with E-state index in [0.717, 1.165) is 16.9 Å². The summed E-state index contributed by atoms with van der Waals surface area (Å²) in [6.07, 6.45) is 0. The third kappa shape index (κ3) is 2.91. The molecule has 0 saturated heterocycles. The molecule has 104 valence electrons. The van der Waals surface area contributed by atoms with E-state index in [2.05, 4.69) is 17.9 Å². The lowest BCUT2D eigenvalue weighted by Crippen LogP contribution is -2.22. The number of amides is 1. The standard InChI is InChI=1S/C16H19N3O/c1-11(13-4-3-5-14(17)10-13)19(2)15-8-6-12(7-9-15)16(18)20/h3-11H,17H2,1-2H3,(H2,18,20). The molecule has 0 saturated carbocycles. The highest BCUT2D eigenvalue weighted by Crippen LogP contribution is 2.26. The van der Waals surface area contributed by atoms with E-state index < -0.39 is 5.91 Å². The average molecular weight is 269 g/mol. The molecule has 2 aromatic rings. The first-order valence-corrected chi connectivity index (χ1v) is 6.47. The highest BCUT2D eigenvalue weighted by atomic mass is 16.1. The van der Waals surface area contributed by atoms with Gasteiger partial charge in [0.15, 0.2) is 0 Å². The monoisotopic (exact) mass is 269 g/mol. The van der Waals surface area contributed by atoms with Gasteiger partial charge in [0.05, 0.1) is 6.04 Å². The van der Waals surface area contributed by atoms with Crippen LogP contribution in [0.15, 0.2) is 48.5 Å². The maximum atomic E-state index is 11.1. The van der Waals surface area contributed by atoms with Crippen molar-refractivity contribution in [3.63, 3.8) is 0 Å². The molecule has 0 heterocycles. The van der Waals surface area contributed by atoms with Gasteiger partial charge < -0.3 is 16.4 Å². The van der Waals surface area contributed by atoms with Gasteiger partial charge in [-0.3, -0.25) is 4.79 Å². The summed E-state index contributed by atoms with van der Waals surface area (Å²) in [5, 5.41) is 0. The Balaban J connectivity index is 2.22. The fraction of sp³-hybridized carbons (Fsp3) is 0.188. The molecule has 1 atom stereocenters. The Kier molecular flexibility index (Phi) is 3.94. The SMILES string of the molecule is CC(c1cccc(N)c1)N(C)c1ccc(C(N)=O)cc1. The predicted molar refractivity (Wildman–Crippen MR) is 82.6 cm³/mol. The number of nitrogens with zero attached hydrogens (tertiary/aromatic N) is 1. The summed E-state index contributed by atoms with van der Waals surface area (Å²) in [5.41, 5.74) is 14.5. The van der Waals surface area contributed by atoms with E-state index in [0.29, 0.717) is 5.56 Å². The average Bonchev–Trinajstić information content (AvgIpc) is 2.46. The van der Waals surface area contributed by atoms with Crippen LogP contribution in [0, 0.1) is 0 Å². The molecular weight excluding hydrogens is 250 g/mol. The van der Waals surface area contributed by atoms with E-state index in [4.69, 9.17) is 11.5 Å². The molecule has 0 bridgehead atoms. The molecule has 2 aromatic carbocycles. The number of benzene rings is 2. The van der Waals surface area contributed by atoms with Gasteiger partial charge in [-0.1, -0.05) is 12.1 Å². The van der Waals surface area contributed by atoms with Gasteiger partial charge in [0, 0.05) is 24.0 Å². The van der Waals surface area contributed by atoms with Crippen molar-refractivity contribution in [2.75, 3.05) is 17.7 Å². The van der Waals surface area contributed by atoms with Gasteiger partial charge in [-0.05, 0) is 48.9 Å². The van der Waals surface area contributed by atoms with E-state index in [9.17, 15) is 4.79 Å².